The van der Waals surface area contributed by atoms with E-state index in [4.69, 9.17) is 24.3 Å². The molecular formula is C55H110NO8P. The molecule has 0 rings (SSSR count). The second-order valence-electron chi connectivity index (χ2n) is 19.5. The molecule has 0 aliphatic rings. The van der Waals surface area contributed by atoms with Crippen LogP contribution >= 0.6 is 7.82 Å². The van der Waals surface area contributed by atoms with Gasteiger partial charge in [0, 0.05) is 19.4 Å². The summed E-state index contributed by atoms with van der Waals surface area (Å²) in [5, 5.41) is 0. The van der Waals surface area contributed by atoms with Crippen molar-refractivity contribution < 1.29 is 37.6 Å². The molecule has 0 aromatic carbocycles. The van der Waals surface area contributed by atoms with Gasteiger partial charge in [0.25, 0.3) is 0 Å². The quantitative estimate of drug-likeness (QED) is 0.0347. The summed E-state index contributed by atoms with van der Waals surface area (Å²) < 4.78 is 32.8. The van der Waals surface area contributed by atoms with Crippen LogP contribution < -0.4 is 5.73 Å². The standard InChI is InChI=1S/C55H110NO8P/c1-3-5-7-9-11-13-14-15-16-17-18-19-20-21-22-23-24-25-26-27-28-29-30-31-32-33-34-35-36-37-38-39-40-42-44-46-48-55(58)64-53(52-63-65(59,60)62-50-49-56)51-61-54(57)47-45-43-41-12-10-8-6-4-2/h53H,3-52,56H2,1-2H3,(H,59,60). The summed E-state index contributed by atoms with van der Waals surface area (Å²) in [4.78, 5) is 34.8. The molecule has 0 aromatic rings. The molecule has 0 aliphatic carbocycles. The minimum Gasteiger partial charge on any atom is -0.462 e. The second-order valence-corrected chi connectivity index (χ2v) is 21.0. The highest BCUT2D eigenvalue weighted by molar-refractivity contribution is 7.47. The highest BCUT2D eigenvalue weighted by atomic mass is 31.2. The van der Waals surface area contributed by atoms with Gasteiger partial charge in [-0.3, -0.25) is 18.6 Å². The number of esters is 2. The molecular weight excluding hydrogens is 834 g/mol. The molecule has 10 heteroatoms. The van der Waals surface area contributed by atoms with Crippen molar-refractivity contribution >= 4 is 19.8 Å². The number of phosphoric acid groups is 1. The summed E-state index contributed by atoms with van der Waals surface area (Å²) in [6, 6.07) is 0. The number of unbranched alkanes of at least 4 members (excludes halogenated alkanes) is 42. The molecule has 0 aliphatic heterocycles. The number of phosphoric ester groups is 1. The van der Waals surface area contributed by atoms with Crippen molar-refractivity contribution in [1.29, 1.82) is 0 Å². The average molecular weight is 944 g/mol. The number of hydrogen-bond donors (Lipinski definition) is 2. The second kappa shape index (κ2) is 52.4. The first-order valence-corrected chi connectivity index (χ1v) is 30.0. The van der Waals surface area contributed by atoms with Crippen LogP contribution in [0.15, 0.2) is 0 Å². The van der Waals surface area contributed by atoms with Crippen LogP contribution in [0.4, 0.5) is 0 Å². The van der Waals surface area contributed by atoms with E-state index < -0.39 is 26.5 Å². The number of ether oxygens (including phenoxy) is 2. The first-order chi connectivity index (χ1) is 31.8. The molecule has 65 heavy (non-hydrogen) atoms. The predicted molar refractivity (Wildman–Crippen MR) is 275 cm³/mol. The minimum absolute atomic E-state index is 0.0580. The van der Waals surface area contributed by atoms with Gasteiger partial charge in [-0.1, -0.05) is 284 Å². The van der Waals surface area contributed by atoms with Gasteiger partial charge in [-0.25, -0.2) is 4.57 Å². The lowest BCUT2D eigenvalue weighted by Crippen LogP contribution is -2.29. The molecule has 0 spiro atoms. The Morgan fingerprint density at radius 2 is 0.662 bits per heavy atom. The van der Waals surface area contributed by atoms with E-state index in [-0.39, 0.29) is 38.6 Å². The fraction of sp³-hybridized carbons (Fsp3) is 0.964. The maximum Gasteiger partial charge on any atom is 0.472 e. The summed E-state index contributed by atoms with van der Waals surface area (Å²) in [6.07, 6.45) is 57.9. The first kappa shape index (κ1) is 64.0. The number of rotatable bonds is 55. The number of carbonyl (C=O) groups is 2. The molecule has 3 N–H and O–H groups in total. The van der Waals surface area contributed by atoms with Gasteiger partial charge in [-0.2, -0.15) is 0 Å². The lowest BCUT2D eigenvalue weighted by Gasteiger charge is -2.19. The molecule has 0 fully saturated rings. The van der Waals surface area contributed by atoms with Gasteiger partial charge in [-0.05, 0) is 12.8 Å². The Morgan fingerprint density at radius 1 is 0.400 bits per heavy atom. The van der Waals surface area contributed by atoms with E-state index in [9.17, 15) is 19.0 Å². The Balaban J connectivity index is 3.65. The topological polar surface area (TPSA) is 134 Å². The van der Waals surface area contributed by atoms with Crippen molar-refractivity contribution in [3.63, 3.8) is 0 Å². The van der Waals surface area contributed by atoms with Crippen molar-refractivity contribution in [3.8, 4) is 0 Å². The smallest absolute Gasteiger partial charge is 0.462 e. The molecule has 0 radical (unpaired) electrons. The van der Waals surface area contributed by atoms with Crippen LogP contribution in [-0.4, -0.2) is 49.3 Å². The predicted octanol–water partition coefficient (Wildman–Crippen LogP) is 17.5. The van der Waals surface area contributed by atoms with Crippen molar-refractivity contribution in [3.05, 3.63) is 0 Å². The Labute approximate surface area is 403 Å². The van der Waals surface area contributed by atoms with Crippen LogP contribution in [0.2, 0.25) is 0 Å². The van der Waals surface area contributed by atoms with Gasteiger partial charge >= 0.3 is 19.8 Å². The third-order valence-corrected chi connectivity index (χ3v) is 14.0. The van der Waals surface area contributed by atoms with Crippen LogP contribution in [-0.2, 0) is 32.7 Å². The first-order valence-electron chi connectivity index (χ1n) is 28.5. The average Bonchev–Trinajstić information content (AvgIpc) is 3.30. The van der Waals surface area contributed by atoms with Crippen LogP contribution in [0, 0.1) is 0 Å². The van der Waals surface area contributed by atoms with E-state index in [2.05, 4.69) is 13.8 Å². The monoisotopic (exact) mass is 944 g/mol. The Kier molecular flexibility index (Phi) is 51.6. The number of hydrogen-bond acceptors (Lipinski definition) is 8. The van der Waals surface area contributed by atoms with Crippen LogP contribution in [0.5, 0.6) is 0 Å². The zero-order chi connectivity index (χ0) is 47.4. The van der Waals surface area contributed by atoms with Crippen molar-refractivity contribution in [2.45, 2.75) is 315 Å². The molecule has 0 bridgehead atoms. The molecule has 388 valence electrons. The lowest BCUT2D eigenvalue weighted by molar-refractivity contribution is -0.161. The summed E-state index contributed by atoms with van der Waals surface area (Å²) in [5.74, 6) is -0.815. The highest BCUT2D eigenvalue weighted by Crippen LogP contribution is 2.43. The van der Waals surface area contributed by atoms with Crippen molar-refractivity contribution in [2.75, 3.05) is 26.4 Å². The zero-order valence-electron chi connectivity index (χ0n) is 43.3. The Hall–Kier alpha value is -0.990. The normalized spacial score (nSPS) is 13.0. The molecule has 0 aromatic heterocycles. The van der Waals surface area contributed by atoms with E-state index in [1.54, 1.807) is 0 Å². The minimum atomic E-state index is -4.37. The van der Waals surface area contributed by atoms with E-state index in [1.165, 1.54) is 244 Å². The fourth-order valence-corrected chi connectivity index (χ4v) is 9.52. The fourth-order valence-electron chi connectivity index (χ4n) is 8.76. The molecule has 0 amide bonds. The lowest BCUT2D eigenvalue weighted by atomic mass is 10.0. The number of nitrogens with two attached hydrogens (primary N) is 1. The van der Waals surface area contributed by atoms with E-state index in [1.807, 2.05) is 0 Å². The van der Waals surface area contributed by atoms with Crippen molar-refractivity contribution in [2.24, 2.45) is 5.73 Å². The maximum atomic E-state index is 12.6. The largest absolute Gasteiger partial charge is 0.472 e. The Morgan fingerprint density at radius 3 is 0.938 bits per heavy atom. The molecule has 2 atom stereocenters. The highest BCUT2D eigenvalue weighted by Gasteiger charge is 2.26. The molecule has 0 saturated carbocycles. The molecule has 2 unspecified atom stereocenters. The van der Waals surface area contributed by atoms with E-state index in [0.29, 0.717) is 6.42 Å². The van der Waals surface area contributed by atoms with Crippen LogP contribution in [0.25, 0.3) is 0 Å². The number of carbonyl (C=O) groups excluding carboxylic acids is 2. The molecule has 9 nitrogen and oxygen atoms in total. The third kappa shape index (κ3) is 52.2. The zero-order valence-corrected chi connectivity index (χ0v) is 44.2. The molecule has 0 heterocycles. The van der Waals surface area contributed by atoms with E-state index >= 15 is 0 Å². The SMILES string of the molecule is CCCCCCCCCCCCCCCCCCCCCCCCCCCCCCCCCCCCCCC(=O)OC(COC(=O)CCCCCCCCCC)COP(=O)(O)OCCN. The summed E-state index contributed by atoms with van der Waals surface area (Å²) in [6.45, 7) is 3.75. The van der Waals surface area contributed by atoms with Gasteiger partial charge in [-0.15, -0.1) is 0 Å². The summed E-state index contributed by atoms with van der Waals surface area (Å²) in [5.41, 5.74) is 5.35. The maximum absolute atomic E-state index is 12.6. The Bertz CT molecular complexity index is 1030. The van der Waals surface area contributed by atoms with Gasteiger partial charge in [0.05, 0.1) is 13.2 Å². The summed E-state index contributed by atoms with van der Waals surface area (Å²) >= 11 is 0. The van der Waals surface area contributed by atoms with Crippen molar-refractivity contribution in [1.82, 2.24) is 0 Å². The van der Waals surface area contributed by atoms with Gasteiger partial charge in [0.1, 0.15) is 6.61 Å². The van der Waals surface area contributed by atoms with Crippen LogP contribution in [0.3, 0.4) is 0 Å². The van der Waals surface area contributed by atoms with Gasteiger partial charge < -0.3 is 20.1 Å². The van der Waals surface area contributed by atoms with Gasteiger partial charge in [0.2, 0.25) is 0 Å². The third-order valence-electron chi connectivity index (χ3n) is 13.0. The van der Waals surface area contributed by atoms with Crippen LogP contribution in [0.1, 0.15) is 309 Å². The summed E-state index contributed by atoms with van der Waals surface area (Å²) in [7, 11) is -4.37. The molecule has 0 saturated heterocycles. The van der Waals surface area contributed by atoms with Gasteiger partial charge in [0.15, 0.2) is 6.10 Å². The van der Waals surface area contributed by atoms with E-state index in [0.717, 1.165) is 32.1 Å².